The first kappa shape index (κ1) is 12.6. The topological polar surface area (TPSA) is 68.0 Å². The summed E-state index contributed by atoms with van der Waals surface area (Å²) in [7, 11) is 0. The van der Waals surface area contributed by atoms with Crippen molar-refractivity contribution < 1.29 is 4.79 Å². The van der Waals surface area contributed by atoms with Gasteiger partial charge in [0.15, 0.2) is 5.13 Å². The molecule has 0 unspecified atom stereocenters. The molecule has 4 nitrogen and oxygen atoms in total. The number of rotatable bonds is 3. The van der Waals surface area contributed by atoms with Crippen LogP contribution in [0, 0.1) is 6.92 Å². The standard InChI is InChI=1S/C13H15N3OS/c1-3-10(17)15-13-16-11(12(14)18-13)9-6-4-8(2)5-7-9/h4-7H,3,14H2,1-2H3,(H,15,16,17). The molecular weight excluding hydrogens is 246 g/mol. The van der Waals surface area contributed by atoms with Gasteiger partial charge < -0.3 is 11.1 Å². The number of carbonyl (C=O) groups is 1. The SMILES string of the molecule is CCC(=O)Nc1nc(-c2ccc(C)cc2)c(N)s1. The molecule has 0 saturated carbocycles. The Kier molecular flexibility index (Phi) is 3.62. The van der Waals surface area contributed by atoms with Crippen LogP contribution in [0.5, 0.6) is 0 Å². The Morgan fingerprint density at radius 3 is 2.67 bits per heavy atom. The summed E-state index contributed by atoms with van der Waals surface area (Å²) in [5, 5.41) is 3.89. The van der Waals surface area contributed by atoms with Gasteiger partial charge in [-0.2, -0.15) is 0 Å². The van der Waals surface area contributed by atoms with Gasteiger partial charge in [-0.15, -0.1) is 0 Å². The monoisotopic (exact) mass is 261 g/mol. The summed E-state index contributed by atoms with van der Waals surface area (Å²) in [6.07, 6.45) is 0.430. The molecule has 18 heavy (non-hydrogen) atoms. The average molecular weight is 261 g/mol. The predicted molar refractivity (Wildman–Crippen MR) is 75.6 cm³/mol. The summed E-state index contributed by atoms with van der Waals surface area (Å²) < 4.78 is 0. The van der Waals surface area contributed by atoms with E-state index in [4.69, 9.17) is 5.73 Å². The van der Waals surface area contributed by atoms with Gasteiger partial charge in [0.1, 0.15) is 10.7 Å². The van der Waals surface area contributed by atoms with E-state index in [1.54, 1.807) is 6.92 Å². The molecule has 2 aromatic rings. The number of carbonyl (C=O) groups excluding carboxylic acids is 1. The average Bonchev–Trinajstić information content (AvgIpc) is 2.71. The normalized spacial score (nSPS) is 10.3. The predicted octanol–water partition coefficient (Wildman–Crippen LogP) is 3.05. The molecule has 0 fully saturated rings. The maximum Gasteiger partial charge on any atom is 0.225 e. The van der Waals surface area contributed by atoms with E-state index in [1.807, 2.05) is 31.2 Å². The fourth-order valence-corrected chi connectivity index (χ4v) is 2.28. The molecule has 3 N–H and O–H groups in total. The number of hydrogen-bond acceptors (Lipinski definition) is 4. The highest BCUT2D eigenvalue weighted by Crippen LogP contribution is 2.33. The van der Waals surface area contributed by atoms with E-state index in [1.165, 1.54) is 16.9 Å². The minimum atomic E-state index is -0.0563. The van der Waals surface area contributed by atoms with Gasteiger partial charge in [-0.1, -0.05) is 48.1 Å². The van der Waals surface area contributed by atoms with Gasteiger partial charge in [-0.05, 0) is 6.92 Å². The number of aromatic nitrogens is 1. The Morgan fingerprint density at radius 1 is 1.39 bits per heavy atom. The summed E-state index contributed by atoms with van der Waals surface area (Å²) in [4.78, 5) is 15.7. The van der Waals surface area contributed by atoms with Gasteiger partial charge in [0.25, 0.3) is 0 Å². The van der Waals surface area contributed by atoms with Crippen LogP contribution < -0.4 is 11.1 Å². The number of thiazole rings is 1. The molecule has 0 aliphatic carbocycles. The van der Waals surface area contributed by atoms with E-state index in [0.29, 0.717) is 16.6 Å². The Balaban J connectivity index is 2.29. The number of nitrogens with two attached hydrogens (primary N) is 1. The van der Waals surface area contributed by atoms with Gasteiger partial charge in [0.2, 0.25) is 5.91 Å². The second-order valence-corrected chi connectivity index (χ2v) is 5.03. The van der Waals surface area contributed by atoms with Crippen LogP contribution >= 0.6 is 11.3 Å². The number of benzene rings is 1. The van der Waals surface area contributed by atoms with Crippen molar-refractivity contribution in [2.45, 2.75) is 20.3 Å². The summed E-state index contributed by atoms with van der Waals surface area (Å²) in [6.45, 7) is 3.83. The van der Waals surface area contributed by atoms with Crippen molar-refractivity contribution in [2.75, 3.05) is 11.1 Å². The largest absolute Gasteiger partial charge is 0.389 e. The van der Waals surface area contributed by atoms with Crippen molar-refractivity contribution in [1.82, 2.24) is 4.98 Å². The van der Waals surface area contributed by atoms with Crippen molar-refractivity contribution in [3.63, 3.8) is 0 Å². The van der Waals surface area contributed by atoms with E-state index < -0.39 is 0 Å². The zero-order valence-corrected chi connectivity index (χ0v) is 11.2. The fourth-order valence-electron chi connectivity index (χ4n) is 1.51. The Morgan fingerprint density at radius 2 is 2.06 bits per heavy atom. The molecule has 1 heterocycles. The molecule has 5 heteroatoms. The molecule has 0 bridgehead atoms. The van der Waals surface area contributed by atoms with E-state index in [0.717, 1.165) is 11.3 Å². The second kappa shape index (κ2) is 5.18. The molecule has 2 rings (SSSR count). The Bertz CT molecular complexity index is 560. The molecule has 0 atom stereocenters. The smallest absolute Gasteiger partial charge is 0.225 e. The van der Waals surface area contributed by atoms with Gasteiger partial charge in [0, 0.05) is 12.0 Å². The second-order valence-electron chi connectivity index (χ2n) is 4.00. The maximum atomic E-state index is 11.3. The molecule has 0 radical (unpaired) electrons. The van der Waals surface area contributed by atoms with Crippen LogP contribution in [0.25, 0.3) is 11.3 Å². The zero-order chi connectivity index (χ0) is 13.1. The lowest BCUT2D eigenvalue weighted by Gasteiger charge is -1.99. The highest BCUT2D eigenvalue weighted by molar-refractivity contribution is 7.20. The van der Waals surface area contributed by atoms with Crippen LogP contribution in [0.2, 0.25) is 0 Å². The molecular formula is C13H15N3OS. The molecule has 0 aliphatic heterocycles. The van der Waals surface area contributed by atoms with Gasteiger partial charge in [0.05, 0.1) is 0 Å². The molecule has 94 valence electrons. The van der Waals surface area contributed by atoms with E-state index >= 15 is 0 Å². The van der Waals surface area contributed by atoms with Crippen molar-refractivity contribution in [3.05, 3.63) is 29.8 Å². The lowest BCUT2D eigenvalue weighted by Crippen LogP contribution is -2.08. The summed E-state index contributed by atoms with van der Waals surface area (Å²) in [6, 6.07) is 7.98. The number of anilines is 2. The molecule has 0 aliphatic rings. The molecule has 0 saturated heterocycles. The van der Waals surface area contributed by atoms with Crippen LogP contribution in [0.3, 0.4) is 0 Å². The van der Waals surface area contributed by atoms with Crippen molar-refractivity contribution in [2.24, 2.45) is 0 Å². The summed E-state index contributed by atoms with van der Waals surface area (Å²) in [5.74, 6) is -0.0563. The van der Waals surface area contributed by atoms with Crippen molar-refractivity contribution >= 4 is 27.4 Å². The van der Waals surface area contributed by atoms with Gasteiger partial charge >= 0.3 is 0 Å². The number of hydrogen-bond donors (Lipinski definition) is 2. The number of nitrogens with zero attached hydrogens (tertiary/aromatic N) is 1. The Labute approximate surface area is 110 Å². The third kappa shape index (κ3) is 2.68. The molecule has 1 aromatic heterocycles. The molecule has 1 amide bonds. The minimum absolute atomic E-state index is 0.0563. The fraction of sp³-hybridized carbons (Fsp3) is 0.231. The lowest BCUT2D eigenvalue weighted by molar-refractivity contribution is -0.115. The van der Waals surface area contributed by atoms with Crippen LogP contribution in [-0.4, -0.2) is 10.9 Å². The van der Waals surface area contributed by atoms with Gasteiger partial charge in [-0.25, -0.2) is 4.98 Å². The van der Waals surface area contributed by atoms with Crippen LogP contribution in [0.4, 0.5) is 10.1 Å². The number of amides is 1. The number of nitrogen functional groups attached to an aromatic ring is 1. The van der Waals surface area contributed by atoms with Crippen LogP contribution in [-0.2, 0) is 4.79 Å². The maximum absolute atomic E-state index is 11.3. The van der Waals surface area contributed by atoms with E-state index in [-0.39, 0.29) is 5.91 Å². The minimum Gasteiger partial charge on any atom is -0.389 e. The highest BCUT2D eigenvalue weighted by atomic mass is 32.1. The first-order chi connectivity index (χ1) is 8.60. The van der Waals surface area contributed by atoms with Crippen molar-refractivity contribution in [1.29, 1.82) is 0 Å². The Hall–Kier alpha value is -1.88. The van der Waals surface area contributed by atoms with Gasteiger partial charge in [-0.3, -0.25) is 4.79 Å². The third-order valence-electron chi connectivity index (χ3n) is 2.55. The highest BCUT2D eigenvalue weighted by Gasteiger charge is 2.11. The van der Waals surface area contributed by atoms with E-state index in [9.17, 15) is 4.79 Å². The number of nitrogens with one attached hydrogen (secondary N) is 1. The summed E-state index contributed by atoms with van der Waals surface area (Å²) >= 11 is 1.29. The lowest BCUT2D eigenvalue weighted by atomic mass is 10.1. The first-order valence-corrected chi connectivity index (χ1v) is 6.55. The van der Waals surface area contributed by atoms with Crippen LogP contribution in [0.1, 0.15) is 18.9 Å². The molecule has 1 aromatic carbocycles. The number of aryl methyl sites for hydroxylation is 1. The van der Waals surface area contributed by atoms with E-state index in [2.05, 4.69) is 10.3 Å². The van der Waals surface area contributed by atoms with Crippen LogP contribution in [0.15, 0.2) is 24.3 Å². The molecule has 0 spiro atoms. The zero-order valence-electron chi connectivity index (χ0n) is 10.4. The summed E-state index contributed by atoms with van der Waals surface area (Å²) in [5.41, 5.74) is 8.81. The first-order valence-electron chi connectivity index (χ1n) is 5.73. The third-order valence-corrected chi connectivity index (χ3v) is 3.35. The van der Waals surface area contributed by atoms with Crippen molar-refractivity contribution in [3.8, 4) is 11.3 Å². The quantitative estimate of drug-likeness (QED) is 0.892.